The van der Waals surface area contributed by atoms with Crippen LogP contribution in [0, 0.1) is 0 Å². The van der Waals surface area contributed by atoms with Gasteiger partial charge in [-0.3, -0.25) is 0 Å². The molecule has 1 aliphatic carbocycles. The van der Waals surface area contributed by atoms with E-state index in [0.29, 0.717) is 10.3 Å². The summed E-state index contributed by atoms with van der Waals surface area (Å²) in [4.78, 5) is 0. The Morgan fingerprint density at radius 2 is 2.50 bits per heavy atom. The Morgan fingerprint density at radius 1 is 1.75 bits per heavy atom. The van der Waals surface area contributed by atoms with Gasteiger partial charge in [0.25, 0.3) is 0 Å². The average Bonchev–Trinajstić information content (AvgIpc) is 1.77. The number of rotatable bonds is 0. The first-order chi connectivity index (χ1) is 3.79. The molecule has 0 aromatic carbocycles. The molecule has 0 amide bonds. The largest absolute Gasteiger partial charge is 0.212 e. The molecule has 0 aromatic rings. The summed E-state index contributed by atoms with van der Waals surface area (Å²) >= 11 is 2.36. The first-order valence-corrected chi connectivity index (χ1v) is 4.02. The first kappa shape index (κ1) is 6.52. The minimum atomic E-state index is 0.0814. The monoisotopic (exact) mass is 226 g/mol. The van der Waals surface area contributed by atoms with Gasteiger partial charge in [0.2, 0.25) is 0 Å². The third-order valence-electron chi connectivity index (χ3n) is 1.29. The summed E-state index contributed by atoms with van der Waals surface area (Å²) in [6.45, 7) is 0. The SMILES string of the molecule is FC1=CCC(I)CC1. The third kappa shape index (κ3) is 1.73. The van der Waals surface area contributed by atoms with Crippen molar-refractivity contribution >= 4 is 22.6 Å². The predicted molar refractivity (Wildman–Crippen MR) is 40.9 cm³/mol. The number of hydrogen-bond donors (Lipinski definition) is 0. The highest BCUT2D eigenvalue weighted by atomic mass is 127. The predicted octanol–water partition coefficient (Wildman–Crippen LogP) is 2.83. The van der Waals surface area contributed by atoms with Gasteiger partial charge in [0.05, 0.1) is 5.83 Å². The Hall–Kier alpha value is 0.400. The Bertz CT molecular complexity index is 109. The molecule has 1 atom stereocenters. The summed E-state index contributed by atoms with van der Waals surface area (Å²) in [7, 11) is 0. The second-order valence-electron chi connectivity index (χ2n) is 2.02. The van der Waals surface area contributed by atoms with Crippen LogP contribution in [-0.4, -0.2) is 3.92 Å². The van der Waals surface area contributed by atoms with Crippen LogP contribution >= 0.6 is 22.6 Å². The van der Waals surface area contributed by atoms with Crippen LogP contribution < -0.4 is 0 Å². The lowest BCUT2D eigenvalue weighted by Gasteiger charge is -2.10. The number of hydrogen-bond acceptors (Lipinski definition) is 0. The quantitative estimate of drug-likeness (QED) is 0.440. The summed E-state index contributed by atoms with van der Waals surface area (Å²) in [5, 5.41) is 0. The second kappa shape index (κ2) is 2.80. The summed E-state index contributed by atoms with van der Waals surface area (Å²) < 4.78 is 12.9. The first-order valence-electron chi connectivity index (χ1n) is 2.77. The van der Waals surface area contributed by atoms with E-state index < -0.39 is 0 Å². The van der Waals surface area contributed by atoms with Gasteiger partial charge >= 0.3 is 0 Å². The lowest BCUT2D eigenvalue weighted by Crippen LogP contribution is -2.00. The van der Waals surface area contributed by atoms with Crippen LogP contribution in [0.5, 0.6) is 0 Å². The molecule has 0 aromatic heterocycles. The molecule has 0 fully saturated rings. The van der Waals surface area contributed by atoms with E-state index >= 15 is 0 Å². The van der Waals surface area contributed by atoms with E-state index in [1.54, 1.807) is 6.08 Å². The topological polar surface area (TPSA) is 0 Å². The molecule has 0 N–H and O–H groups in total. The Kier molecular flexibility index (Phi) is 2.28. The number of alkyl halides is 1. The van der Waals surface area contributed by atoms with E-state index in [0.717, 1.165) is 12.8 Å². The van der Waals surface area contributed by atoms with E-state index in [1.165, 1.54) is 0 Å². The van der Waals surface area contributed by atoms with Crippen molar-refractivity contribution in [1.82, 2.24) is 0 Å². The van der Waals surface area contributed by atoms with Gasteiger partial charge in [0.15, 0.2) is 0 Å². The van der Waals surface area contributed by atoms with Gasteiger partial charge in [0, 0.05) is 3.92 Å². The second-order valence-corrected chi connectivity index (χ2v) is 3.78. The van der Waals surface area contributed by atoms with E-state index in [1.807, 2.05) is 0 Å². The van der Waals surface area contributed by atoms with Crippen molar-refractivity contribution in [3.05, 3.63) is 11.9 Å². The smallest absolute Gasteiger partial charge is 0.0960 e. The molecule has 46 valence electrons. The molecule has 8 heavy (non-hydrogen) atoms. The highest BCUT2D eigenvalue weighted by Gasteiger charge is 2.09. The average molecular weight is 226 g/mol. The lowest BCUT2D eigenvalue weighted by molar-refractivity contribution is 0.544. The molecular formula is C6H8FI. The van der Waals surface area contributed by atoms with Gasteiger partial charge in [-0.1, -0.05) is 28.7 Å². The maximum absolute atomic E-state index is 12.2. The van der Waals surface area contributed by atoms with Gasteiger partial charge in [-0.05, 0) is 19.3 Å². The van der Waals surface area contributed by atoms with Crippen LogP contribution in [0.25, 0.3) is 0 Å². The molecule has 0 aliphatic heterocycles. The molecule has 0 radical (unpaired) electrons. The number of halogens is 2. The van der Waals surface area contributed by atoms with E-state index in [9.17, 15) is 4.39 Å². The van der Waals surface area contributed by atoms with Gasteiger partial charge in [-0.2, -0.15) is 0 Å². The highest BCUT2D eigenvalue weighted by molar-refractivity contribution is 14.1. The molecule has 1 unspecified atom stereocenters. The van der Waals surface area contributed by atoms with Crippen molar-refractivity contribution < 1.29 is 4.39 Å². The van der Waals surface area contributed by atoms with E-state index in [-0.39, 0.29) is 5.83 Å². The van der Waals surface area contributed by atoms with Gasteiger partial charge in [-0.25, -0.2) is 4.39 Å². The Balaban J connectivity index is 2.42. The summed E-state index contributed by atoms with van der Waals surface area (Å²) in [5.74, 6) is 0.0814. The maximum Gasteiger partial charge on any atom is 0.0960 e. The fourth-order valence-electron chi connectivity index (χ4n) is 0.770. The Labute approximate surface area is 62.3 Å². The van der Waals surface area contributed by atoms with Crippen LogP contribution in [0.2, 0.25) is 0 Å². The van der Waals surface area contributed by atoms with Crippen molar-refractivity contribution in [1.29, 1.82) is 0 Å². The molecule has 1 aliphatic rings. The molecular weight excluding hydrogens is 218 g/mol. The fourth-order valence-corrected chi connectivity index (χ4v) is 1.34. The molecule has 0 spiro atoms. The van der Waals surface area contributed by atoms with E-state index in [2.05, 4.69) is 22.6 Å². The maximum atomic E-state index is 12.2. The van der Waals surface area contributed by atoms with Gasteiger partial charge in [0.1, 0.15) is 0 Å². The highest BCUT2D eigenvalue weighted by Crippen LogP contribution is 2.23. The molecule has 0 heterocycles. The standard InChI is InChI=1S/C6H8FI/c7-5-1-3-6(8)4-2-5/h1,6H,2-4H2. The zero-order valence-corrected chi connectivity index (χ0v) is 6.69. The molecule has 1 rings (SSSR count). The molecule has 0 saturated heterocycles. The minimum Gasteiger partial charge on any atom is -0.212 e. The van der Waals surface area contributed by atoms with Crippen molar-refractivity contribution in [2.45, 2.75) is 23.2 Å². The van der Waals surface area contributed by atoms with Crippen LogP contribution in [0.15, 0.2) is 11.9 Å². The zero-order chi connectivity index (χ0) is 5.98. The summed E-state index contributed by atoms with van der Waals surface area (Å²) in [6, 6.07) is 0. The van der Waals surface area contributed by atoms with Gasteiger partial charge in [-0.15, -0.1) is 0 Å². The summed E-state index contributed by atoms with van der Waals surface area (Å²) in [5.41, 5.74) is 0. The normalized spacial score (nSPS) is 29.8. The third-order valence-corrected chi connectivity index (χ3v) is 2.42. The van der Waals surface area contributed by atoms with Crippen LogP contribution in [0.4, 0.5) is 4.39 Å². The number of allylic oxidation sites excluding steroid dienone is 2. The van der Waals surface area contributed by atoms with Crippen molar-refractivity contribution in [2.75, 3.05) is 0 Å². The lowest BCUT2D eigenvalue weighted by atomic mass is 10.1. The van der Waals surface area contributed by atoms with Crippen molar-refractivity contribution in [3.63, 3.8) is 0 Å². The van der Waals surface area contributed by atoms with Gasteiger partial charge < -0.3 is 0 Å². The minimum absolute atomic E-state index is 0.0814. The van der Waals surface area contributed by atoms with Crippen molar-refractivity contribution in [2.24, 2.45) is 0 Å². The van der Waals surface area contributed by atoms with Crippen LogP contribution in [0.1, 0.15) is 19.3 Å². The summed E-state index contributed by atoms with van der Waals surface area (Å²) in [6.07, 6.45) is 4.30. The molecule has 0 saturated carbocycles. The van der Waals surface area contributed by atoms with Crippen LogP contribution in [0.3, 0.4) is 0 Å². The Morgan fingerprint density at radius 3 is 2.88 bits per heavy atom. The zero-order valence-electron chi connectivity index (χ0n) is 4.53. The van der Waals surface area contributed by atoms with Crippen LogP contribution in [-0.2, 0) is 0 Å². The molecule has 0 nitrogen and oxygen atoms in total. The molecule has 0 bridgehead atoms. The fraction of sp³-hybridized carbons (Fsp3) is 0.667. The van der Waals surface area contributed by atoms with Crippen molar-refractivity contribution in [3.8, 4) is 0 Å². The molecule has 2 heteroatoms. The van der Waals surface area contributed by atoms with E-state index in [4.69, 9.17) is 0 Å².